The maximum atomic E-state index is 12.1. The highest BCUT2D eigenvalue weighted by molar-refractivity contribution is 7.18. The number of anilines is 1. The Morgan fingerprint density at radius 1 is 1.07 bits per heavy atom. The number of carbonyl (C=O) groups is 3. The first-order valence-electron chi connectivity index (χ1n) is 8.15. The van der Waals surface area contributed by atoms with Crippen LogP contribution in [0.25, 0.3) is 0 Å². The maximum Gasteiger partial charge on any atom is 0.348 e. The van der Waals surface area contributed by atoms with Gasteiger partial charge in [-0.15, -0.1) is 11.3 Å². The van der Waals surface area contributed by atoms with Crippen molar-refractivity contribution in [2.24, 2.45) is 0 Å². The third-order valence-electron chi connectivity index (χ3n) is 3.56. The van der Waals surface area contributed by atoms with Gasteiger partial charge in [-0.3, -0.25) is 9.59 Å². The quantitative estimate of drug-likeness (QED) is 0.570. The molecule has 2 N–H and O–H groups in total. The van der Waals surface area contributed by atoms with Crippen molar-refractivity contribution in [3.05, 3.63) is 76.0 Å². The van der Waals surface area contributed by atoms with Gasteiger partial charge in [-0.2, -0.15) is 0 Å². The average molecular weight is 419 g/mol. The Kier molecular flexibility index (Phi) is 6.46. The van der Waals surface area contributed by atoms with Crippen LogP contribution in [-0.4, -0.2) is 24.4 Å². The number of halogens is 1. The largest absolute Gasteiger partial charge is 0.459 e. The Bertz CT molecular complexity index is 984. The number of nitrogens with one attached hydrogen (secondary N) is 2. The zero-order valence-corrected chi connectivity index (χ0v) is 16.0. The van der Waals surface area contributed by atoms with Gasteiger partial charge in [0.25, 0.3) is 11.8 Å². The number of hydrogen-bond acceptors (Lipinski definition) is 6. The number of benzene rings is 1. The summed E-state index contributed by atoms with van der Waals surface area (Å²) in [5, 5.41) is 6.24. The van der Waals surface area contributed by atoms with Gasteiger partial charge < -0.3 is 19.8 Å². The van der Waals surface area contributed by atoms with Crippen molar-refractivity contribution in [2.75, 3.05) is 11.9 Å². The molecule has 0 atom stereocenters. The molecule has 0 saturated heterocycles. The van der Waals surface area contributed by atoms with E-state index in [1.54, 1.807) is 30.3 Å². The zero-order valence-electron chi connectivity index (χ0n) is 14.4. The van der Waals surface area contributed by atoms with Gasteiger partial charge in [0.2, 0.25) is 0 Å². The zero-order chi connectivity index (χ0) is 19.9. The number of rotatable bonds is 7. The second-order valence-corrected chi connectivity index (χ2v) is 7.03. The van der Waals surface area contributed by atoms with Gasteiger partial charge in [0, 0.05) is 11.6 Å². The van der Waals surface area contributed by atoms with Gasteiger partial charge in [0.1, 0.15) is 4.88 Å². The molecule has 7 nitrogen and oxygen atoms in total. The normalized spacial score (nSPS) is 10.3. The lowest BCUT2D eigenvalue weighted by Crippen LogP contribution is -2.28. The van der Waals surface area contributed by atoms with Crippen molar-refractivity contribution in [3.63, 3.8) is 0 Å². The molecule has 0 aliphatic rings. The van der Waals surface area contributed by atoms with Crippen LogP contribution in [0.4, 0.5) is 5.00 Å². The standard InChI is InChI=1S/C19H15ClN2O5S/c20-13-5-2-1-4-12(13)10-21-16(23)11-27-19(25)15-7-8-17(28-15)22-18(24)14-6-3-9-26-14/h1-9H,10-11H2,(H,21,23)(H,22,24). The van der Waals surface area contributed by atoms with Crippen LogP contribution in [-0.2, 0) is 16.1 Å². The summed E-state index contributed by atoms with van der Waals surface area (Å²) in [6.07, 6.45) is 1.39. The number of carbonyl (C=O) groups excluding carboxylic acids is 3. The highest BCUT2D eigenvalue weighted by atomic mass is 35.5. The summed E-state index contributed by atoms with van der Waals surface area (Å²) in [7, 11) is 0. The molecule has 0 fully saturated rings. The smallest absolute Gasteiger partial charge is 0.348 e. The Balaban J connectivity index is 1.46. The van der Waals surface area contributed by atoms with Crippen LogP contribution in [0, 0.1) is 0 Å². The fourth-order valence-electron chi connectivity index (χ4n) is 2.18. The summed E-state index contributed by atoms with van der Waals surface area (Å²) >= 11 is 7.05. The topological polar surface area (TPSA) is 97.6 Å². The lowest BCUT2D eigenvalue weighted by atomic mass is 10.2. The van der Waals surface area contributed by atoms with Crippen molar-refractivity contribution in [1.29, 1.82) is 0 Å². The Morgan fingerprint density at radius 3 is 2.64 bits per heavy atom. The molecule has 0 aliphatic carbocycles. The monoisotopic (exact) mass is 418 g/mol. The third-order valence-corrected chi connectivity index (χ3v) is 4.91. The number of hydrogen-bond donors (Lipinski definition) is 2. The lowest BCUT2D eigenvalue weighted by molar-refractivity contribution is -0.124. The summed E-state index contributed by atoms with van der Waals surface area (Å²) in [6, 6.07) is 13.3. The molecule has 0 aliphatic heterocycles. The molecule has 144 valence electrons. The van der Waals surface area contributed by atoms with Crippen molar-refractivity contribution in [3.8, 4) is 0 Å². The molecular formula is C19H15ClN2O5S. The molecule has 0 radical (unpaired) electrons. The van der Waals surface area contributed by atoms with Gasteiger partial charge in [-0.25, -0.2) is 4.79 Å². The van der Waals surface area contributed by atoms with E-state index in [9.17, 15) is 14.4 Å². The molecule has 0 spiro atoms. The highest BCUT2D eigenvalue weighted by Gasteiger charge is 2.15. The average Bonchev–Trinajstić information content (AvgIpc) is 3.37. The van der Waals surface area contributed by atoms with Crippen LogP contribution >= 0.6 is 22.9 Å². The van der Waals surface area contributed by atoms with Crippen molar-refractivity contribution >= 4 is 45.7 Å². The van der Waals surface area contributed by atoms with E-state index in [1.165, 1.54) is 18.4 Å². The van der Waals surface area contributed by atoms with E-state index in [0.717, 1.165) is 16.9 Å². The minimum absolute atomic E-state index is 0.160. The Hall–Kier alpha value is -3.10. The Labute approximate surface area is 169 Å². The maximum absolute atomic E-state index is 12.1. The number of esters is 1. The second-order valence-electron chi connectivity index (χ2n) is 5.54. The number of ether oxygens (including phenoxy) is 1. The van der Waals surface area contributed by atoms with Crippen LogP contribution in [0.15, 0.2) is 59.2 Å². The molecule has 1 aromatic carbocycles. The van der Waals surface area contributed by atoms with Crippen molar-refractivity contribution in [2.45, 2.75) is 6.54 Å². The van der Waals surface area contributed by atoms with Gasteiger partial charge >= 0.3 is 5.97 Å². The van der Waals surface area contributed by atoms with E-state index in [2.05, 4.69) is 10.6 Å². The molecule has 0 bridgehead atoms. The summed E-state index contributed by atoms with van der Waals surface area (Å²) < 4.78 is 9.99. The molecule has 2 amide bonds. The molecule has 28 heavy (non-hydrogen) atoms. The molecule has 2 aromatic heterocycles. The number of thiophene rings is 1. The lowest BCUT2D eigenvalue weighted by Gasteiger charge is -2.07. The van der Waals surface area contributed by atoms with E-state index in [-0.39, 0.29) is 17.2 Å². The SMILES string of the molecule is O=C(COC(=O)c1ccc(NC(=O)c2ccco2)s1)NCc1ccccc1Cl. The summed E-state index contributed by atoms with van der Waals surface area (Å²) in [6.45, 7) is -0.187. The van der Waals surface area contributed by atoms with Crippen LogP contribution in [0.1, 0.15) is 25.8 Å². The molecule has 3 aromatic rings. The minimum atomic E-state index is -0.656. The third kappa shape index (κ3) is 5.21. The molecule has 0 unspecified atom stereocenters. The van der Waals surface area contributed by atoms with Gasteiger partial charge in [-0.1, -0.05) is 29.8 Å². The van der Waals surface area contributed by atoms with Crippen LogP contribution in [0.2, 0.25) is 5.02 Å². The summed E-state index contributed by atoms with van der Waals surface area (Å²) in [5.41, 5.74) is 0.763. The fourth-order valence-corrected chi connectivity index (χ4v) is 3.18. The second kappa shape index (κ2) is 9.20. The predicted molar refractivity (Wildman–Crippen MR) is 105 cm³/mol. The first-order chi connectivity index (χ1) is 13.5. The van der Waals surface area contributed by atoms with Crippen LogP contribution < -0.4 is 10.6 Å². The van der Waals surface area contributed by atoms with Crippen LogP contribution in [0.3, 0.4) is 0 Å². The van der Waals surface area contributed by atoms with E-state index in [0.29, 0.717) is 10.0 Å². The number of amides is 2. The van der Waals surface area contributed by atoms with Crippen LogP contribution in [0.5, 0.6) is 0 Å². The highest BCUT2D eigenvalue weighted by Crippen LogP contribution is 2.23. The van der Waals surface area contributed by atoms with E-state index in [4.69, 9.17) is 20.8 Å². The van der Waals surface area contributed by atoms with E-state index < -0.39 is 24.4 Å². The number of furan rings is 1. The first-order valence-corrected chi connectivity index (χ1v) is 9.34. The van der Waals surface area contributed by atoms with Gasteiger partial charge in [-0.05, 0) is 35.9 Å². The van der Waals surface area contributed by atoms with E-state index >= 15 is 0 Å². The van der Waals surface area contributed by atoms with Crippen molar-refractivity contribution in [1.82, 2.24) is 5.32 Å². The van der Waals surface area contributed by atoms with Crippen molar-refractivity contribution < 1.29 is 23.5 Å². The Morgan fingerprint density at radius 2 is 1.89 bits per heavy atom. The molecule has 0 saturated carbocycles. The fraction of sp³-hybridized carbons (Fsp3) is 0.105. The molecule has 3 rings (SSSR count). The summed E-state index contributed by atoms with van der Waals surface area (Å²) in [4.78, 5) is 36.1. The predicted octanol–water partition coefficient (Wildman–Crippen LogP) is 3.72. The van der Waals surface area contributed by atoms with Gasteiger partial charge in [0.15, 0.2) is 12.4 Å². The summed E-state index contributed by atoms with van der Waals surface area (Å²) in [5.74, 6) is -1.37. The first kappa shape index (κ1) is 19.7. The van der Waals surface area contributed by atoms with E-state index in [1.807, 2.05) is 6.07 Å². The molecule has 2 heterocycles. The molecule has 9 heteroatoms. The minimum Gasteiger partial charge on any atom is -0.459 e. The van der Waals surface area contributed by atoms with Gasteiger partial charge in [0.05, 0.1) is 11.3 Å². The molecular weight excluding hydrogens is 404 g/mol.